The van der Waals surface area contributed by atoms with Gasteiger partial charge in [0, 0.05) is 17.5 Å². The summed E-state index contributed by atoms with van der Waals surface area (Å²) < 4.78 is 5.32. The van der Waals surface area contributed by atoms with Gasteiger partial charge in [-0.2, -0.15) is 0 Å². The summed E-state index contributed by atoms with van der Waals surface area (Å²) in [6.07, 6.45) is 0. The Morgan fingerprint density at radius 1 is 1.37 bits per heavy atom. The number of likely N-dealkylation sites (N-methyl/N-ethyl adjacent to an activating group) is 1. The van der Waals surface area contributed by atoms with Gasteiger partial charge in [-0.25, -0.2) is 4.79 Å². The summed E-state index contributed by atoms with van der Waals surface area (Å²) in [4.78, 5) is 23.7. The molecule has 3 N–H and O–H groups in total. The third-order valence-electron chi connectivity index (χ3n) is 2.75. The summed E-state index contributed by atoms with van der Waals surface area (Å²) in [5.41, 5.74) is 6.18. The number of fused-ring (bicyclic) bond motifs is 1. The van der Waals surface area contributed by atoms with Crippen molar-refractivity contribution in [2.45, 2.75) is 6.54 Å². The second kappa shape index (κ2) is 5.11. The highest BCUT2D eigenvalue weighted by atomic mass is 16.4. The van der Waals surface area contributed by atoms with Gasteiger partial charge in [-0.15, -0.1) is 0 Å². The molecule has 2 aromatic rings. The van der Waals surface area contributed by atoms with Crippen LogP contribution < -0.4 is 5.73 Å². The number of benzene rings is 1. The molecule has 0 saturated heterocycles. The van der Waals surface area contributed by atoms with Crippen molar-refractivity contribution in [3.63, 3.8) is 0 Å². The monoisotopic (exact) mass is 262 g/mol. The Morgan fingerprint density at radius 3 is 2.68 bits per heavy atom. The maximum Gasteiger partial charge on any atom is 0.372 e. The Kier molecular flexibility index (Phi) is 3.52. The van der Waals surface area contributed by atoms with Gasteiger partial charge in [0.05, 0.1) is 6.54 Å². The van der Waals surface area contributed by atoms with Crippen LogP contribution in [-0.4, -0.2) is 35.5 Å². The molecule has 0 atom stereocenters. The fourth-order valence-corrected chi connectivity index (χ4v) is 2.02. The Morgan fingerprint density at radius 2 is 2.05 bits per heavy atom. The SMILES string of the molecule is CN(CC(N)=O)Cc1c(C(=O)O)oc2ccccc12. The van der Waals surface area contributed by atoms with Gasteiger partial charge in [0.2, 0.25) is 11.7 Å². The molecular weight excluding hydrogens is 248 g/mol. The summed E-state index contributed by atoms with van der Waals surface area (Å²) >= 11 is 0. The molecule has 100 valence electrons. The van der Waals surface area contributed by atoms with E-state index in [1.165, 1.54) is 0 Å². The molecular formula is C13H14N2O4. The first-order chi connectivity index (χ1) is 8.99. The topological polar surface area (TPSA) is 96.8 Å². The van der Waals surface area contributed by atoms with Crippen molar-refractivity contribution < 1.29 is 19.1 Å². The van der Waals surface area contributed by atoms with Gasteiger partial charge in [-0.3, -0.25) is 9.69 Å². The molecule has 19 heavy (non-hydrogen) atoms. The standard InChI is InChI=1S/C13H14N2O4/c1-15(7-11(14)16)6-9-8-4-2-3-5-10(8)19-12(9)13(17)18/h2-5H,6-7H2,1H3,(H2,14,16)(H,17,18). The molecule has 0 saturated carbocycles. The van der Waals surface area contributed by atoms with Crippen LogP contribution in [0.4, 0.5) is 0 Å². The van der Waals surface area contributed by atoms with Crippen LogP contribution in [0.15, 0.2) is 28.7 Å². The number of nitrogens with two attached hydrogens (primary N) is 1. The van der Waals surface area contributed by atoms with Crippen LogP contribution >= 0.6 is 0 Å². The maximum atomic E-state index is 11.2. The van der Waals surface area contributed by atoms with Gasteiger partial charge in [0.15, 0.2) is 0 Å². The zero-order chi connectivity index (χ0) is 14.0. The number of carbonyl (C=O) groups is 2. The second-order valence-corrected chi connectivity index (χ2v) is 4.35. The number of carbonyl (C=O) groups excluding carboxylic acids is 1. The molecule has 6 nitrogen and oxygen atoms in total. The summed E-state index contributed by atoms with van der Waals surface area (Å²) in [6.45, 7) is 0.333. The van der Waals surface area contributed by atoms with E-state index >= 15 is 0 Å². The van der Waals surface area contributed by atoms with Gasteiger partial charge in [-0.05, 0) is 13.1 Å². The predicted molar refractivity (Wildman–Crippen MR) is 68.7 cm³/mol. The molecule has 0 aliphatic heterocycles. The number of aromatic carboxylic acids is 1. The Bertz CT molecular complexity index is 633. The quantitative estimate of drug-likeness (QED) is 0.839. The highest BCUT2D eigenvalue weighted by molar-refractivity contribution is 5.95. The summed E-state index contributed by atoms with van der Waals surface area (Å²) in [5, 5.41) is 9.89. The van der Waals surface area contributed by atoms with Gasteiger partial charge >= 0.3 is 5.97 Å². The minimum atomic E-state index is -1.13. The Hall–Kier alpha value is -2.34. The van der Waals surface area contributed by atoms with Crippen molar-refractivity contribution in [1.82, 2.24) is 4.90 Å². The summed E-state index contributed by atoms with van der Waals surface area (Å²) in [6, 6.07) is 7.08. The van der Waals surface area contributed by atoms with Crippen LogP contribution in [0.1, 0.15) is 16.1 Å². The minimum Gasteiger partial charge on any atom is -0.475 e. The fraction of sp³-hybridized carbons (Fsp3) is 0.231. The van der Waals surface area contributed by atoms with E-state index < -0.39 is 11.9 Å². The Labute approximate surface area is 109 Å². The third-order valence-corrected chi connectivity index (χ3v) is 2.75. The van der Waals surface area contributed by atoms with Crippen molar-refractivity contribution in [3.05, 3.63) is 35.6 Å². The first-order valence-electron chi connectivity index (χ1n) is 5.69. The molecule has 0 radical (unpaired) electrons. The predicted octanol–water partition coefficient (Wildman–Crippen LogP) is 1.05. The lowest BCUT2D eigenvalue weighted by atomic mass is 10.1. The van der Waals surface area contributed by atoms with E-state index in [0.717, 1.165) is 5.39 Å². The van der Waals surface area contributed by atoms with Gasteiger partial charge < -0.3 is 15.3 Å². The van der Waals surface area contributed by atoms with Crippen LogP contribution in [0.25, 0.3) is 11.0 Å². The summed E-state index contributed by atoms with van der Waals surface area (Å²) in [7, 11) is 1.69. The molecule has 2 rings (SSSR count). The van der Waals surface area contributed by atoms with Crippen molar-refractivity contribution in [2.24, 2.45) is 5.73 Å². The van der Waals surface area contributed by atoms with Crippen LogP contribution in [0.5, 0.6) is 0 Å². The lowest BCUT2D eigenvalue weighted by Crippen LogP contribution is -2.30. The number of furan rings is 1. The van der Waals surface area contributed by atoms with E-state index in [-0.39, 0.29) is 18.8 Å². The highest BCUT2D eigenvalue weighted by Crippen LogP contribution is 2.26. The molecule has 1 aromatic heterocycles. The third kappa shape index (κ3) is 2.74. The number of hydrogen-bond donors (Lipinski definition) is 2. The largest absolute Gasteiger partial charge is 0.475 e. The molecule has 1 aromatic carbocycles. The molecule has 1 heterocycles. The number of amides is 1. The van der Waals surface area contributed by atoms with E-state index in [9.17, 15) is 9.59 Å². The maximum absolute atomic E-state index is 11.2. The van der Waals surface area contributed by atoms with Crippen molar-refractivity contribution in [2.75, 3.05) is 13.6 Å². The molecule has 0 unspecified atom stereocenters. The first kappa shape index (κ1) is 13.1. The van der Waals surface area contributed by atoms with Crippen LogP contribution in [0, 0.1) is 0 Å². The van der Waals surface area contributed by atoms with Crippen LogP contribution in [-0.2, 0) is 11.3 Å². The molecule has 0 aliphatic rings. The number of hydrogen-bond acceptors (Lipinski definition) is 4. The van der Waals surface area contributed by atoms with Gasteiger partial charge in [0.25, 0.3) is 0 Å². The van der Waals surface area contributed by atoms with E-state index in [2.05, 4.69) is 0 Å². The average molecular weight is 262 g/mol. The molecule has 0 bridgehead atoms. The molecule has 0 fully saturated rings. The zero-order valence-corrected chi connectivity index (χ0v) is 10.4. The normalized spacial score (nSPS) is 11.1. The van der Waals surface area contributed by atoms with E-state index in [4.69, 9.17) is 15.3 Å². The fourth-order valence-electron chi connectivity index (χ4n) is 2.02. The number of nitrogens with zero attached hydrogens (tertiary/aromatic N) is 1. The molecule has 1 amide bonds. The van der Waals surface area contributed by atoms with Crippen LogP contribution in [0.3, 0.4) is 0 Å². The van der Waals surface area contributed by atoms with Crippen molar-refractivity contribution in [1.29, 1.82) is 0 Å². The molecule has 0 aliphatic carbocycles. The van der Waals surface area contributed by atoms with Gasteiger partial charge in [-0.1, -0.05) is 18.2 Å². The lowest BCUT2D eigenvalue weighted by molar-refractivity contribution is -0.118. The number of primary amides is 1. The Balaban J connectivity index is 2.42. The molecule has 0 spiro atoms. The minimum absolute atomic E-state index is 0.0541. The average Bonchev–Trinajstić information content (AvgIpc) is 2.67. The first-order valence-corrected chi connectivity index (χ1v) is 5.69. The van der Waals surface area contributed by atoms with Crippen molar-refractivity contribution in [3.8, 4) is 0 Å². The van der Waals surface area contributed by atoms with E-state index in [0.29, 0.717) is 11.1 Å². The molecule has 6 heteroatoms. The number of rotatable bonds is 5. The van der Waals surface area contributed by atoms with E-state index in [1.54, 1.807) is 36.2 Å². The second-order valence-electron chi connectivity index (χ2n) is 4.35. The van der Waals surface area contributed by atoms with Gasteiger partial charge in [0.1, 0.15) is 5.58 Å². The van der Waals surface area contributed by atoms with Crippen LogP contribution in [0.2, 0.25) is 0 Å². The zero-order valence-electron chi connectivity index (χ0n) is 10.4. The van der Waals surface area contributed by atoms with E-state index in [1.807, 2.05) is 0 Å². The number of carboxylic acids is 1. The number of carboxylic acid groups (broad SMARTS) is 1. The van der Waals surface area contributed by atoms with Crippen molar-refractivity contribution >= 4 is 22.8 Å². The smallest absolute Gasteiger partial charge is 0.372 e. The summed E-state index contributed by atoms with van der Waals surface area (Å²) in [5.74, 6) is -1.69. The number of para-hydroxylation sites is 1. The highest BCUT2D eigenvalue weighted by Gasteiger charge is 2.20. The lowest BCUT2D eigenvalue weighted by Gasteiger charge is -2.13.